The highest BCUT2D eigenvalue weighted by molar-refractivity contribution is 6.10. The Kier molecular flexibility index (Phi) is 8.53. The van der Waals surface area contributed by atoms with Crippen molar-refractivity contribution in [2.45, 2.75) is 12.8 Å². The summed E-state index contributed by atoms with van der Waals surface area (Å²) in [5, 5.41) is 5.55. The van der Waals surface area contributed by atoms with Crippen molar-refractivity contribution < 1.29 is 23.5 Å². The summed E-state index contributed by atoms with van der Waals surface area (Å²) in [6.45, 7) is 4.60. The molecule has 2 heterocycles. The number of carbonyl (C=O) groups is 3. The van der Waals surface area contributed by atoms with Gasteiger partial charge in [-0.15, -0.1) is 0 Å². The zero-order valence-electron chi connectivity index (χ0n) is 19.8. The molecule has 36 heavy (non-hydrogen) atoms. The van der Waals surface area contributed by atoms with E-state index in [4.69, 9.17) is 4.74 Å². The fraction of sp³-hybridized carbons (Fsp3) is 0.308. The van der Waals surface area contributed by atoms with Crippen LogP contribution in [0.15, 0.2) is 54.9 Å². The predicted molar refractivity (Wildman–Crippen MR) is 132 cm³/mol. The first-order valence-electron chi connectivity index (χ1n) is 11.8. The number of Topliss-reactive ketones (excluding diaryl/α,β-unsaturated/α-hetero) is 1. The summed E-state index contributed by atoms with van der Waals surface area (Å²) < 4.78 is 18.4. The Labute approximate surface area is 208 Å². The predicted octanol–water partition coefficient (Wildman–Crippen LogP) is 2.68. The number of halogens is 1. The van der Waals surface area contributed by atoms with E-state index >= 15 is 0 Å². The lowest BCUT2D eigenvalue weighted by atomic mass is 10.0. The third kappa shape index (κ3) is 6.83. The van der Waals surface area contributed by atoms with E-state index in [1.807, 2.05) is 0 Å². The summed E-state index contributed by atoms with van der Waals surface area (Å²) in [5.74, 6) is -1.45. The number of carbonyl (C=O) groups excluding carboxylic acids is 3. The standard InChI is InChI=1S/C26H28FN5O4/c27-20-6-4-19(5-7-20)22(33)16-18-2-8-21(9-3-18)31-26(35)24-23(29-17-30-24)25(34)28-10-1-11-32-12-14-36-15-13-32/h2-9,17H,1,10-16H2,(H,28,34)(H,29,30)(H,31,35). The first kappa shape index (κ1) is 25.2. The smallest absolute Gasteiger partial charge is 0.276 e. The fourth-order valence-electron chi connectivity index (χ4n) is 3.88. The molecule has 0 bridgehead atoms. The van der Waals surface area contributed by atoms with E-state index in [-0.39, 0.29) is 23.6 Å². The zero-order valence-corrected chi connectivity index (χ0v) is 19.8. The fourth-order valence-corrected chi connectivity index (χ4v) is 3.88. The van der Waals surface area contributed by atoms with Crippen molar-refractivity contribution in [1.82, 2.24) is 20.2 Å². The van der Waals surface area contributed by atoms with E-state index in [9.17, 15) is 18.8 Å². The molecule has 0 spiro atoms. The summed E-state index contributed by atoms with van der Waals surface area (Å²) >= 11 is 0. The lowest BCUT2D eigenvalue weighted by Crippen LogP contribution is -2.38. The van der Waals surface area contributed by atoms with E-state index in [2.05, 4.69) is 25.5 Å². The quantitative estimate of drug-likeness (QED) is 0.295. The Balaban J connectivity index is 1.27. The molecule has 3 N–H and O–H groups in total. The number of hydrogen-bond donors (Lipinski definition) is 3. The molecule has 1 aliphatic rings. The topological polar surface area (TPSA) is 116 Å². The summed E-state index contributed by atoms with van der Waals surface area (Å²) in [7, 11) is 0. The van der Waals surface area contributed by atoms with E-state index in [0.29, 0.717) is 17.8 Å². The van der Waals surface area contributed by atoms with Crippen LogP contribution in [0.25, 0.3) is 0 Å². The number of benzene rings is 2. The summed E-state index contributed by atoms with van der Waals surface area (Å²) in [6.07, 6.45) is 2.24. The first-order valence-corrected chi connectivity index (χ1v) is 11.8. The Morgan fingerprint density at radius 2 is 1.72 bits per heavy atom. The third-order valence-electron chi connectivity index (χ3n) is 5.86. The van der Waals surface area contributed by atoms with Crippen LogP contribution in [0.5, 0.6) is 0 Å². The monoisotopic (exact) mass is 493 g/mol. The molecular weight excluding hydrogens is 465 g/mol. The lowest BCUT2D eigenvalue weighted by Gasteiger charge is -2.26. The van der Waals surface area contributed by atoms with Gasteiger partial charge in [0.2, 0.25) is 0 Å². The molecular formula is C26H28FN5O4. The SMILES string of the molecule is O=C(Cc1ccc(NC(=O)c2nc[nH]c2C(=O)NCCCN2CCOCC2)cc1)c1ccc(F)cc1. The number of H-pyrrole nitrogens is 1. The third-order valence-corrected chi connectivity index (χ3v) is 5.86. The minimum atomic E-state index is -0.523. The number of hydrogen-bond acceptors (Lipinski definition) is 6. The summed E-state index contributed by atoms with van der Waals surface area (Å²) in [5.41, 5.74) is 1.77. The van der Waals surface area contributed by atoms with Gasteiger partial charge in [-0.2, -0.15) is 0 Å². The molecule has 188 valence electrons. The number of anilines is 1. The van der Waals surface area contributed by atoms with Crippen molar-refractivity contribution in [2.75, 3.05) is 44.7 Å². The van der Waals surface area contributed by atoms with Gasteiger partial charge in [-0.05, 0) is 54.9 Å². The second-order valence-corrected chi connectivity index (χ2v) is 8.45. The van der Waals surface area contributed by atoms with Crippen LogP contribution in [0, 0.1) is 5.82 Å². The summed E-state index contributed by atoms with van der Waals surface area (Å²) in [6, 6.07) is 12.2. The average Bonchev–Trinajstić information content (AvgIpc) is 3.39. The molecule has 0 aliphatic carbocycles. The molecule has 2 aromatic carbocycles. The van der Waals surface area contributed by atoms with Crippen LogP contribution in [0.2, 0.25) is 0 Å². The highest BCUT2D eigenvalue weighted by Gasteiger charge is 2.20. The average molecular weight is 494 g/mol. The number of morpholine rings is 1. The van der Waals surface area contributed by atoms with Crippen LogP contribution in [0.3, 0.4) is 0 Å². The van der Waals surface area contributed by atoms with Crippen molar-refractivity contribution in [3.05, 3.63) is 83.2 Å². The number of aromatic nitrogens is 2. The molecule has 0 radical (unpaired) electrons. The number of rotatable bonds is 10. The molecule has 1 fully saturated rings. The molecule has 2 amide bonds. The maximum Gasteiger partial charge on any atom is 0.276 e. The van der Waals surface area contributed by atoms with E-state index in [0.717, 1.165) is 44.8 Å². The highest BCUT2D eigenvalue weighted by atomic mass is 19.1. The summed E-state index contributed by atoms with van der Waals surface area (Å²) in [4.78, 5) is 46.7. The second-order valence-electron chi connectivity index (χ2n) is 8.45. The van der Waals surface area contributed by atoms with E-state index in [1.165, 1.54) is 30.6 Å². The largest absolute Gasteiger partial charge is 0.379 e. The molecule has 0 atom stereocenters. The van der Waals surface area contributed by atoms with Gasteiger partial charge in [0.25, 0.3) is 11.8 Å². The Bertz CT molecular complexity index is 1190. The normalized spacial score (nSPS) is 13.8. The molecule has 1 aliphatic heterocycles. The number of amides is 2. The molecule has 4 rings (SSSR count). The van der Waals surface area contributed by atoms with Gasteiger partial charge in [0, 0.05) is 37.3 Å². The van der Waals surface area contributed by atoms with Crippen molar-refractivity contribution in [3.63, 3.8) is 0 Å². The number of nitrogens with one attached hydrogen (secondary N) is 3. The Morgan fingerprint density at radius 3 is 2.44 bits per heavy atom. The van der Waals surface area contributed by atoms with Gasteiger partial charge in [0.15, 0.2) is 11.5 Å². The number of nitrogens with zero attached hydrogens (tertiary/aromatic N) is 2. The zero-order chi connectivity index (χ0) is 25.3. The van der Waals surface area contributed by atoms with Crippen molar-refractivity contribution >= 4 is 23.3 Å². The molecule has 1 aromatic heterocycles. The van der Waals surface area contributed by atoms with Crippen LogP contribution >= 0.6 is 0 Å². The minimum Gasteiger partial charge on any atom is -0.379 e. The van der Waals surface area contributed by atoms with Crippen LogP contribution in [-0.2, 0) is 11.2 Å². The maximum atomic E-state index is 13.1. The number of aromatic amines is 1. The van der Waals surface area contributed by atoms with Crippen molar-refractivity contribution in [3.8, 4) is 0 Å². The number of ether oxygens (including phenoxy) is 1. The van der Waals surface area contributed by atoms with Gasteiger partial charge < -0.3 is 20.4 Å². The van der Waals surface area contributed by atoms with Gasteiger partial charge in [-0.25, -0.2) is 9.37 Å². The number of ketones is 1. The first-order chi connectivity index (χ1) is 17.5. The Hall–Kier alpha value is -3.89. The van der Waals surface area contributed by atoms with Gasteiger partial charge >= 0.3 is 0 Å². The minimum absolute atomic E-state index is 0.00348. The van der Waals surface area contributed by atoms with Crippen molar-refractivity contribution in [1.29, 1.82) is 0 Å². The molecule has 10 heteroatoms. The molecule has 0 saturated carbocycles. The molecule has 3 aromatic rings. The lowest BCUT2D eigenvalue weighted by molar-refractivity contribution is 0.0374. The van der Waals surface area contributed by atoms with E-state index in [1.54, 1.807) is 24.3 Å². The maximum absolute atomic E-state index is 13.1. The van der Waals surface area contributed by atoms with Crippen molar-refractivity contribution in [2.24, 2.45) is 0 Å². The van der Waals surface area contributed by atoms with Gasteiger partial charge in [-0.3, -0.25) is 19.3 Å². The highest BCUT2D eigenvalue weighted by Crippen LogP contribution is 2.15. The number of imidazole rings is 1. The van der Waals surface area contributed by atoms with Gasteiger partial charge in [0.1, 0.15) is 11.5 Å². The molecule has 9 nitrogen and oxygen atoms in total. The molecule has 0 unspecified atom stereocenters. The Morgan fingerprint density at radius 1 is 1.00 bits per heavy atom. The van der Waals surface area contributed by atoms with Gasteiger partial charge in [-0.1, -0.05) is 12.1 Å². The van der Waals surface area contributed by atoms with Crippen LogP contribution in [0.1, 0.15) is 43.3 Å². The van der Waals surface area contributed by atoms with Crippen LogP contribution in [-0.4, -0.2) is 71.9 Å². The van der Waals surface area contributed by atoms with Gasteiger partial charge in [0.05, 0.1) is 19.5 Å². The van der Waals surface area contributed by atoms with Crippen LogP contribution in [0.4, 0.5) is 10.1 Å². The van der Waals surface area contributed by atoms with Crippen LogP contribution < -0.4 is 10.6 Å². The molecule has 1 saturated heterocycles. The van der Waals surface area contributed by atoms with E-state index < -0.39 is 17.6 Å². The second kappa shape index (κ2) is 12.2.